The summed E-state index contributed by atoms with van der Waals surface area (Å²) in [6.45, 7) is 6.66. The minimum absolute atomic E-state index is 0.0835. The van der Waals surface area contributed by atoms with Crippen LogP contribution in [0.25, 0.3) is 11.0 Å². The van der Waals surface area contributed by atoms with Crippen LogP contribution < -0.4 is 27.3 Å². The number of hydrogen-bond donors (Lipinski definition) is 4. The quantitative estimate of drug-likeness (QED) is 0.119. The molecule has 1 heterocycles. The summed E-state index contributed by atoms with van der Waals surface area (Å²) in [5.74, 6) is -0.374. The summed E-state index contributed by atoms with van der Waals surface area (Å²) in [5.41, 5.74) is 9.51. The Labute approximate surface area is 251 Å². The number of ether oxygens (including phenoxy) is 1. The molecular weight excluding hydrogens is 544 g/mol. The Kier molecular flexibility index (Phi) is 11.1. The highest BCUT2D eigenvalue weighted by Crippen LogP contribution is 2.23. The van der Waals surface area contributed by atoms with E-state index in [-0.39, 0.29) is 18.9 Å². The zero-order chi connectivity index (χ0) is 30.6. The second-order valence-electron chi connectivity index (χ2n) is 10.4. The van der Waals surface area contributed by atoms with Gasteiger partial charge in [-0.3, -0.25) is 4.79 Å². The van der Waals surface area contributed by atoms with Crippen molar-refractivity contribution >= 4 is 28.7 Å². The molecule has 4 aromatic rings. The highest BCUT2D eigenvalue weighted by molar-refractivity contribution is 5.87. The Morgan fingerprint density at radius 1 is 0.907 bits per heavy atom. The van der Waals surface area contributed by atoms with E-state index in [4.69, 9.17) is 14.9 Å². The first-order valence-electron chi connectivity index (χ1n) is 14.3. The lowest BCUT2D eigenvalue weighted by molar-refractivity contribution is -0.123. The highest BCUT2D eigenvalue weighted by Gasteiger charge is 2.26. The fourth-order valence-electron chi connectivity index (χ4n) is 4.74. The van der Waals surface area contributed by atoms with Gasteiger partial charge >= 0.3 is 11.7 Å². The third-order valence-electron chi connectivity index (χ3n) is 7.04. The maximum Gasteiger partial charge on any atom is 0.408 e. The van der Waals surface area contributed by atoms with E-state index in [1.54, 1.807) is 6.07 Å². The van der Waals surface area contributed by atoms with Crippen molar-refractivity contribution in [3.8, 4) is 0 Å². The fourth-order valence-corrected chi connectivity index (χ4v) is 4.74. The second kappa shape index (κ2) is 15.4. The largest absolute Gasteiger partial charge is 0.445 e. The number of alkyl carbamates (subject to hydrolysis) is 1. The molecule has 0 radical (unpaired) electrons. The second-order valence-corrected chi connectivity index (χ2v) is 10.4. The number of amides is 2. The Balaban J connectivity index is 1.48. The molecule has 2 amide bonds. The summed E-state index contributed by atoms with van der Waals surface area (Å²) >= 11 is 0. The highest BCUT2D eigenvalue weighted by atomic mass is 16.5. The summed E-state index contributed by atoms with van der Waals surface area (Å²) in [6.07, 6.45) is 1.68. The van der Waals surface area contributed by atoms with Gasteiger partial charge in [-0.25, -0.2) is 9.59 Å². The van der Waals surface area contributed by atoms with E-state index in [0.717, 1.165) is 34.9 Å². The lowest BCUT2D eigenvalue weighted by Gasteiger charge is -2.26. The number of anilines is 1. The van der Waals surface area contributed by atoms with Crippen LogP contribution in [-0.4, -0.2) is 30.6 Å². The average molecular weight is 583 g/mol. The van der Waals surface area contributed by atoms with E-state index in [1.807, 2.05) is 79.7 Å². The molecule has 9 heteroatoms. The molecule has 224 valence electrons. The van der Waals surface area contributed by atoms with Crippen molar-refractivity contribution in [1.82, 2.24) is 10.6 Å². The maximum absolute atomic E-state index is 13.7. The molecule has 43 heavy (non-hydrogen) atoms. The average Bonchev–Trinajstić information content (AvgIpc) is 3.00. The van der Waals surface area contributed by atoms with Gasteiger partial charge in [-0.15, -0.1) is 0 Å². The Hall–Kier alpha value is -4.89. The van der Waals surface area contributed by atoms with Crippen LogP contribution in [0, 0.1) is 6.92 Å². The van der Waals surface area contributed by atoms with Crippen LogP contribution in [0.5, 0.6) is 0 Å². The lowest BCUT2D eigenvalue weighted by atomic mass is 10.0. The number of carbonyl (C=O) groups excluding carboxylic acids is 2. The van der Waals surface area contributed by atoms with Crippen molar-refractivity contribution in [2.75, 3.05) is 11.9 Å². The molecule has 1 aromatic heterocycles. The van der Waals surface area contributed by atoms with Gasteiger partial charge in [0.25, 0.3) is 0 Å². The third-order valence-corrected chi connectivity index (χ3v) is 7.04. The number of nitrogens with one attached hydrogen (secondary N) is 3. The van der Waals surface area contributed by atoms with E-state index >= 15 is 0 Å². The van der Waals surface area contributed by atoms with Crippen LogP contribution in [0.15, 0.2) is 106 Å². The van der Waals surface area contributed by atoms with Crippen LogP contribution in [0.3, 0.4) is 0 Å². The Bertz CT molecular complexity index is 1590. The number of rotatable bonds is 14. The predicted octanol–water partition coefficient (Wildman–Crippen LogP) is 5.18. The molecule has 4 rings (SSSR count). The van der Waals surface area contributed by atoms with E-state index in [2.05, 4.69) is 22.5 Å². The van der Waals surface area contributed by atoms with Gasteiger partial charge in [0.15, 0.2) is 0 Å². The fraction of sp³-hybridized carbons (Fsp3) is 0.265. The molecule has 0 saturated carbocycles. The van der Waals surface area contributed by atoms with Crippen LogP contribution in [0.2, 0.25) is 0 Å². The molecule has 0 bridgehead atoms. The number of aryl methyl sites for hydroxylation is 1. The van der Waals surface area contributed by atoms with Crippen molar-refractivity contribution in [3.63, 3.8) is 0 Å². The smallest absolute Gasteiger partial charge is 0.408 e. The van der Waals surface area contributed by atoms with Crippen LogP contribution in [0.4, 0.5) is 10.5 Å². The van der Waals surface area contributed by atoms with Gasteiger partial charge in [-0.1, -0.05) is 67.2 Å². The monoisotopic (exact) mass is 582 g/mol. The van der Waals surface area contributed by atoms with Crippen LogP contribution >= 0.6 is 0 Å². The van der Waals surface area contributed by atoms with E-state index in [9.17, 15) is 14.4 Å². The minimum Gasteiger partial charge on any atom is -0.445 e. The molecule has 0 saturated heterocycles. The zero-order valence-corrected chi connectivity index (χ0v) is 24.3. The number of unbranched alkanes of at least 4 members (excludes halogenated alkanes) is 1. The SMILES string of the molecule is C=C(Nc1ccc2c(C)cc(=O)oc2c1)C(CCCCN)NC(=O)C(Cc1ccccc1)NC(=O)OCc1ccccc1. The molecule has 0 spiro atoms. The van der Waals surface area contributed by atoms with Crippen molar-refractivity contribution in [1.29, 1.82) is 0 Å². The number of fused-ring (bicyclic) bond motifs is 1. The molecular formula is C34H38N4O5. The molecule has 3 aromatic carbocycles. The maximum atomic E-state index is 13.7. The van der Waals surface area contributed by atoms with Crippen molar-refractivity contribution in [2.24, 2.45) is 5.73 Å². The van der Waals surface area contributed by atoms with Crippen molar-refractivity contribution < 1.29 is 18.7 Å². The molecule has 0 aliphatic rings. The van der Waals surface area contributed by atoms with Gasteiger partial charge in [0.2, 0.25) is 5.91 Å². The first-order valence-corrected chi connectivity index (χ1v) is 14.3. The number of benzene rings is 3. The predicted molar refractivity (Wildman–Crippen MR) is 169 cm³/mol. The zero-order valence-electron chi connectivity index (χ0n) is 24.3. The number of nitrogens with two attached hydrogens (primary N) is 1. The minimum atomic E-state index is -0.895. The third kappa shape index (κ3) is 9.31. The van der Waals surface area contributed by atoms with E-state index in [0.29, 0.717) is 29.9 Å². The van der Waals surface area contributed by atoms with Gasteiger partial charge in [0.05, 0.1) is 6.04 Å². The molecule has 0 aliphatic heterocycles. The molecule has 9 nitrogen and oxygen atoms in total. The standard InChI is InChI=1S/C34H38N4O5/c1-23-19-32(39)43-31-21-27(16-17-28(23)31)36-24(2)29(15-9-10-18-35)37-33(40)30(20-25-11-5-3-6-12-25)38-34(41)42-22-26-13-7-4-8-14-26/h3-8,11-14,16-17,19,21,29-30,36H,2,9-10,15,18,20,22,35H2,1H3,(H,37,40)(H,38,41). The number of carbonyl (C=O) groups is 2. The van der Waals surface area contributed by atoms with Gasteiger partial charge in [-0.2, -0.15) is 0 Å². The molecule has 2 atom stereocenters. The van der Waals surface area contributed by atoms with Gasteiger partial charge in [0.1, 0.15) is 18.2 Å². The number of hydrogen-bond acceptors (Lipinski definition) is 7. The molecule has 2 unspecified atom stereocenters. The Morgan fingerprint density at radius 2 is 1.60 bits per heavy atom. The molecule has 0 fully saturated rings. The van der Waals surface area contributed by atoms with Crippen molar-refractivity contribution in [3.05, 3.63) is 124 Å². The summed E-state index contributed by atoms with van der Waals surface area (Å²) in [7, 11) is 0. The summed E-state index contributed by atoms with van der Waals surface area (Å²) in [6, 6.07) is 24.3. The van der Waals surface area contributed by atoms with Gasteiger partial charge in [0, 0.05) is 35.3 Å². The lowest BCUT2D eigenvalue weighted by Crippen LogP contribution is -2.51. The molecule has 5 N–H and O–H groups in total. The van der Waals surface area contributed by atoms with Crippen LogP contribution in [0.1, 0.15) is 36.0 Å². The Morgan fingerprint density at radius 3 is 2.30 bits per heavy atom. The summed E-state index contributed by atoms with van der Waals surface area (Å²) < 4.78 is 10.8. The normalized spacial score (nSPS) is 12.2. The van der Waals surface area contributed by atoms with Gasteiger partial charge < -0.3 is 30.8 Å². The van der Waals surface area contributed by atoms with E-state index < -0.39 is 23.8 Å². The first-order chi connectivity index (χ1) is 20.8. The van der Waals surface area contributed by atoms with E-state index in [1.165, 1.54) is 6.07 Å². The van der Waals surface area contributed by atoms with Crippen LogP contribution in [-0.2, 0) is 22.6 Å². The van der Waals surface area contributed by atoms with Crippen molar-refractivity contribution in [2.45, 2.75) is 51.3 Å². The first kappa shape index (κ1) is 31.1. The topological polar surface area (TPSA) is 136 Å². The summed E-state index contributed by atoms with van der Waals surface area (Å²) in [5, 5.41) is 9.90. The summed E-state index contributed by atoms with van der Waals surface area (Å²) in [4.78, 5) is 38.3. The molecule has 0 aliphatic carbocycles. The van der Waals surface area contributed by atoms with Gasteiger partial charge in [-0.05, 0) is 61.6 Å².